The average Bonchev–Trinajstić information content (AvgIpc) is 2.47. The van der Waals surface area contributed by atoms with Crippen molar-refractivity contribution in [2.24, 2.45) is 0 Å². The molecule has 3 nitrogen and oxygen atoms in total. The molecule has 1 aromatic rings. The van der Waals surface area contributed by atoms with E-state index in [1.165, 1.54) is 0 Å². The van der Waals surface area contributed by atoms with Gasteiger partial charge >= 0.3 is 0 Å². The van der Waals surface area contributed by atoms with E-state index < -0.39 is 0 Å². The van der Waals surface area contributed by atoms with E-state index in [9.17, 15) is 4.79 Å². The van der Waals surface area contributed by atoms with Gasteiger partial charge in [-0.2, -0.15) is 0 Å². The molecule has 1 heterocycles. The van der Waals surface area contributed by atoms with Crippen LogP contribution in [0.3, 0.4) is 0 Å². The number of ketones is 1. The van der Waals surface area contributed by atoms with E-state index in [1.807, 2.05) is 30.3 Å². The minimum absolute atomic E-state index is 0.242. The Balaban J connectivity index is 1.91. The highest BCUT2D eigenvalue weighted by atomic mass is 16.5. The van der Waals surface area contributed by atoms with Crippen molar-refractivity contribution in [2.75, 3.05) is 13.7 Å². The lowest BCUT2D eigenvalue weighted by molar-refractivity contribution is -0.116. The van der Waals surface area contributed by atoms with E-state index >= 15 is 0 Å². The number of hydrogen-bond acceptors (Lipinski definition) is 3. The van der Waals surface area contributed by atoms with E-state index in [-0.39, 0.29) is 5.78 Å². The molecule has 0 N–H and O–H groups in total. The summed E-state index contributed by atoms with van der Waals surface area (Å²) in [6.45, 7) is 0.409. The summed E-state index contributed by atoms with van der Waals surface area (Å²) in [5.41, 5.74) is 3.03. The first-order valence-electron chi connectivity index (χ1n) is 6.52. The Kier molecular flexibility index (Phi) is 3.11. The highest BCUT2D eigenvalue weighted by Gasteiger charge is 2.24. The molecule has 2 aliphatic rings. The van der Waals surface area contributed by atoms with Gasteiger partial charge in [-0.15, -0.1) is 0 Å². The van der Waals surface area contributed by atoms with Gasteiger partial charge in [0.05, 0.1) is 7.11 Å². The number of ether oxygens (including phenoxy) is 2. The lowest BCUT2D eigenvalue weighted by Gasteiger charge is -2.24. The van der Waals surface area contributed by atoms with Crippen molar-refractivity contribution in [1.82, 2.24) is 0 Å². The van der Waals surface area contributed by atoms with Crippen LogP contribution in [0.15, 0.2) is 41.5 Å². The van der Waals surface area contributed by atoms with Crippen molar-refractivity contribution in [2.45, 2.75) is 19.3 Å². The first-order chi connectivity index (χ1) is 9.28. The molecule has 0 bridgehead atoms. The molecule has 1 aliphatic carbocycles. The number of rotatable bonds is 2. The summed E-state index contributed by atoms with van der Waals surface area (Å²) in [7, 11) is 1.65. The molecule has 3 heteroatoms. The van der Waals surface area contributed by atoms with Gasteiger partial charge in [0.25, 0.3) is 0 Å². The zero-order valence-electron chi connectivity index (χ0n) is 10.9. The molecular weight excluding hydrogens is 240 g/mol. The molecule has 0 fully saturated rings. The van der Waals surface area contributed by atoms with Crippen LogP contribution < -0.4 is 4.74 Å². The highest BCUT2D eigenvalue weighted by Crippen LogP contribution is 2.32. The Morgan fingerprint density at radius 3 is 2.68 bits per heavy atom. The van der Waals surface area contributed by atoms with Gasteiger partial charge in [0.1, 0.15) is 18.1 Å². The molecule has 0 spiro atoms. The van der Waals surface area contributed by atoms with Gasteiger partial charge in [0.2, 0.25) is 0 Å². The number of methoxy groups -OCH3 is 1. The van der Waals surface area contributed by atoms with Crippen molar-refractivity contribution < 1.29 is 14.3 Å². The normalized spacial score (nSPS) is 18.6. The van der Waals surface area contributed by atoms with Crippen molar-refractivity contribution in [3.8, 4) is 5.75 Å². The molecule has 0 amide bonds. The molecule has 0 radical (unpaired) electrons. The van der Waals surface area contributed by atoms with Crippen LogP contribution in [0.2, 0.25) is 0 Å². The molecule has 0 aromatic heterocycles. The van der Waals surface area contributed by atoms with Gasteiger partial charge in [0.15, 0.2) is 5.78 Å². The number of hydrogen-bond donors (Lipinski definition) is 0. The monoisotopic (exact) mass is 256 g/mol. The largest absolute Gasteiger partial charge is 0.497 e. The number of Topliss-reactive ketones (excluding diaryl/α,β-unsaturated/α-hetero) is 1. The van der Waals surface area contributed by atoms with Crippen LogP contribution in [0.5, 0.6) is 5.75 Å². The topological polar surface area (TPSA) is 35.5 Å². The predicted molar refractivity (Wildman–Crippen MR) is 72.8 cm³/mol. The van der Waals surface area contributed by atoms with Gasteiger partial charge < -0.3 is 9.47 Å². The molecule has 0 unspecified atom stereocenters. The van der Waals surface area contributed by atoms with Gasteiger partial charge in [-0.3, -0.25) is 4.79 Å². The predicted octanol–water partition coefficient (Wildman–Crippen LogP) is 3.12. The maximum absolute atomic E-state index is 11.8. The van der Waals surface area contributed by atoms with Crippen molar-refractivity contribution in [3.05, 3.63) is 47.1 Å². The number of carbonyl (C=O) groups is 1. The van der Waals surface area contributed by atoms with Crippen LogP contribution in [-0.2, 0) is 9.53 Å². The van der Waals surface area contributed by atoms with E-state index in [4.69, 9.17) is 9.47 Å². The summed E-state index contributed by atoms with van der Waals surface area (Å²) >= 11 is 0. The quantitative estimate of drug-likeness (QED) is 0.815. The van der Waals surface area contributed by atoms with Gasteiger partial charge in [-0.1, -0.05) is 0 Å². The van der Waals surface area contributed by atoms with E-state index in [0.29, 0.717) is 13.0 Å². The van der Waals surface area contributed by atoms with Gasteiger partial charge in [-0.25, -0.2) is 0 Å². The third-order valence-corrected chi connectivity index (χ3v) is 3.63. The zero-order valence-corrected chi connectivity index (χ0v) is 10.9. The van der Waals surface area contributed by atoms with Crippen LogP contribution >= 0.6 is 0 Å². The summed E-state index contributed by atoms with van der Waals surface area (Å²) in [4.78, 5) is 11.8. The second kappa shape index (κ2) is 4.92. The van der Waals surface area contributed by atoms with Gasteiger partial charge in [0, 0.05) is 17.6 Å². The minimum Gasteiger partial charge on any atom is -0.497 e. The van der Waals surface area contributed by atoms with Crippen molar-refractivity contribution in [3.63, 3.8) is 0 Å². The molecule has 0 saturated heterocycles. The molecule has 0 atom stereocenters. The van der Waals surface area contributed by atoms with E-state index in [2.05, 4.69) is 0 Å². The standard InChI is InChI=1S/C16H16O3/c1-18-13-7-5-11(6-8-13)16-9-12-3-2-4-15(17)14(12)10-19-16/h5-9H,2-4,10H2,1H3. The van der Waals surface area contributed by atoms with Crippen LogP contribution in [0.25, 0.3) is 5.76 Å². The fourth-order valence-electron chi connectivity index (χ4n) is 2.52. The third-order valence-electron chi connectivity index (χ3n) is 3.63. The van der Waals surface area contributed by atoms with E-state index in [1.54, 1.807) is 7.11 Å². The SMILES string of the molecule is COc1ccc(C2=CC3=C(CO2)C(=O)CCC3)cc1. The summed E-state index contributed by atoms with van der Waals surface area (Å²) in [5.74, 6) is 1.91. The van der Waals surface area contributed by atoms with Crippen LogP contribution in [0.4, 0.5) is 0 Å². The lowest BCUT2D eigenvalue weighted by atomic mass is 9.89. The maximum Gasteiger partial charge on any atom is 0.162 e. The third kappa shape index (κ3) is 2.28. The fraction of sp³-hybridized carbons (Fsp3) is 0.312. The second-order valence-corrected chi connectivity index (χ2v) is 4.81. The molecule has 1 aromatic carbocycles. The smallest absolute Gasteiger partial charge is 0.162 e. The molecule has 19 heavy (non-hydrogen) atoms. The Morgan fingerprint density at radius 1 is 1.16 bits per heavy atom. The zero-order chi connectivity index (χ0) is 13.2. The van der Waals surface area contributed by atoms with Gasteiger partial charge in [-0.05, 0) is 48.8 Å². The Bertz CT molecular complexity index is 564. The molecule has 1 aliphatic heterocycles. The number of carbonyl (C=O) groups excluding carboxylic acids is 1. The number of benzene rings is 1. The molecule has 0 saturated carbocycles. The first kappa shape index (κ1) is 12.0. The van der Waals surface area contributed by atoms with Crippen LogP contribution in [0.1, 0.15) is 24.8 Å². The summed E-state index contributed by atoms with van der Waals surface area (Å²) in [5, 5.41) is 0. The van der Waals surface area contributed by atoms with Crippen molar-refractivity contribution >= 4 is 11.5 Å². The summed E-state index contributed by atoms with van der Waals surface area (Å²) < 4.78 is 10.9. The molecule has 98 valence electrons. The second-order valence-electron chi connectivity index (χ2n) is 4.81. The average molecular weight is 256 g/mol. The summed E-state index contributed by atoms with van der Waals surface area (Å²) in [6, 6.07) is 7.77. The number of allylic oxidation sites excluding steroid dienone is 2. The maximum atomic E-state index is 11.8. The first-order valence-corrected chi connectivity index (χ1v) is 6.52. The molecular formula is C16H16O3. The Hall–Kier alpha value is -2.03. The fourth-order valence-corrected chi connectivity index (χ4v) is 2.52. The Morgan fingerprint density at radius 2 is 1.95 bits per heavy atom. The highest BCUT2D eigenvalue weighted by molar-refractivity contribution is 5.98. The van der Waals surface area contributed by atoms with Crippen LogP contribution in [-0.4, -0.2) is 19.5 Å². The molecule has 3 rings (SSSR count). The minimum atomic E-state index is 0.242. The Labute approximate surface area is 112 Å². The lowest BCUT2D eigenvalue weighted by Crippen LogP contribution is -2.18. The van der Waals surface area contributed by atoms with Crippen molar-refractivity contribution in [1.29, 1.82) is 0 Å². The van der Waals surface area contributed by atoms with Crippen LogP contribution in [0, 0.1) is 0 Å². The van der Waals surface area contributed by atoms with E-state index in [0.717, 1.165) is 41.1 Å². The summed E-state index contributed by atoms with van der Waals surface area (Å²) in [6.07, 6.45) is 4.60.